The van der Waals surface area contributed by atoms with Crippen molar-refractivity contribution in [2.24, 2.45) is 5.73 Å². The van der Waals surface area contributed by atoms with Gasteiger partial charge in [0.2, 0.25) is 11.8 Å². The number of carbonyl (C=O) groups excluding carboxylic acids is 2. The van der Waals surface area contributed by atoms with Crippen LogP contribution in [0, 0.1) is 5.82 Å². The lowest BCUT2D eigenvalue weighted by molar-refractivity contribution is -0.126. The van der Waals surface area contributed by atoms with Crippen molar-refractivity contribution in [1.29, 1.82) is 0 Å². The van der Waals surface area contributed by atoms with E-state index in [9.17, 15) is 14.0 Å². The summed E-state index contributed by atoms with van der Waals surface area (Å²) in [5.74, 6) is -1.15. The summed E-state index contributed by atoms with van der Waals surface area (Å²) in [5, 5.41) is 2.22. The second-order valence-electron chi connectivity index (χ2n) is 3.85. The zero-order valence-corrected chi connectivity index (χ0v) is 8.50. The van der Waals surface area contributed by atoms with E-state index in [0.717, 1.165) is 0 Å². The Bertz CT molecular complexity index is 444. The average molecular weight is 222 g/mol. The molecule has 0 radical (unpaired) electrons. The largest absolute Gasteiger partial charge is 0.329 e. The van der Waals surface area contributed by atoms with Crippen molar-refractivity contribution >= 4 is 11.8 Å². The highest BCUT2D eigenvalue weighted by atomic mass is 19.1. The fourth-order valence-corrected chi connectivity index (χ4v) is 1.93. The van der Waals surface area contributed by atoms with Gasteiger partial charge in [-0.25, -0.2) is 4.39 Å². The highest BCUT2D eigenvalue weighted by Crippen LogP contribution is 2.31. The third-order valence-electron chi connectivity index (χ3n) is 2.90. The highest BCUT2D eigenvalue weighted by Gasteiger charge is 2.46. The minimum absolute atomic E-state index is 0.0218. The SMILES string of the molecule is NCC1(c2ccc(F)cc2)CC(=O)NC1=O. The monoisotopic (exact) mass is 222 g/mol. The zero-order chi connectivity index (χ0) is 11.8. The van der Waals surface area contributed by atoms with Gasteiger partial charge < -0.3 is 5.73 Å². The summed E-state index contributed by atoms with van der Waals surface area (Å²) in [7, 11) is 0. The van der Waals surface area contributed by atoms with Crippen LogP contribution in [0.3, 0.4) is 0 Å². The van der Waals surface area contributed by atoms with Crippen LogP contribution < -0.4 is 11.1 Å². The van der Waals surface area contributed by atoms with Gasteiger partial charge in [0.15, 0.2) is 0 Å². The standard InChI is InChI=1S/C11H11FN2O2/c12-8-3-1-7(2-4-8)11(6-13)5-9(15)14-10(11)16/h1-4H,5-6,13H2,(H,14,15,16). The predicted octanol–water partition coefficient (Wildman–Crippen LogP) is 0.0687. The predicted molar refractivity (Wildman–Crippen MR) is 54.9 cm³/mol. The Kier molecular flexibility index (Phi) is 2.47. The van der Waals surface area contributed by atoms with Crippen LogP contribution in [0.4, 0.5) is 4.39 Å². The van der Waals surface area contributed by atoms with Crippen LogP contribution >= 0.6 is 0 Å². The molecule has 84 valence electrons. The fraction of sp³-hybridized carbons (Fsp3) is 0.273. The van der Waals surface area contributed by atoms with E-state index in [0.29, 0.717) is 5.56 Å². The molecule has 3 N–H and O–H groups in total. The average Bonchev–Trinajstić information content (AvgIpc) is 2.55. The van der Waals surface area contributed by atoms with E-state index < -0.39 is 11.3 Å². The number of hydrogen-bond acceptors (Lipinski definition) is 3. The molecule has 0 bridgehead atoms. The maximum Gasteiger partial charge on any atom is 0.239 e. The van der Waals surface area contributed by atoms with E-state index in [2.05, 4.69) is 5.32 Å². The van der Waals surface area contributed by atoms with Crippen molar-refractivity contribution in [1.82, 2.24) is 5.32 Å². The molecule has 1 atom stereocenters. The molecule has 1 heterocycles. The Morgan fingerprint density at radius 3 is 2.38 bits per heavy atom. The molecule has 1 aromatic rings. The number of nitrogens with one attached hydrogen (secondary N) is 1. The van der Waals surface area contributed by atoms with Crippen molar-refractivity contribution in [3.8, 4) is 0 Å². The maximum absolute atomic E-state index is 12.8. The first kappa shape index (κ1) is 10.8. The van der Waals surface area contributed by atoms with Crippen LogP contribution in [0.15, 0.2) is 24.3 Å². The first-order chi connectivity index (χ1) is 7.58. The number of imide groups is 1. The van der Waals surface area contributed by atoms with Crippen molar-refractivity contribution in [2.45, 2.75) is 11.8 Å². The molecule has 1 saturated heterocycles. The second-order valence-corrected chi connectivity index (χ2v) is 3.85. The van der Waals surface area contributed by atoms with Gasteiger partial charge in [-0.2, -0.15) is 0 Å². The molecule has 1 aromatic carbocycles. The third-order valence-corrected chi connectivity index (χ3v) is 2.90. The van der Waals surface area contributed by atoms with Gasteiger partial charge in [-0.1, -0.05) is 12.1 Å². The molecular formula is C11H11FN2O2. The minimum Gasteiger partial charge on any atom is -0.329 e. The molecule has 4 nitrogen and oxygen atoms in total. The molecule has 2 amide bonds. The Hall–Kier alpha value is -1.75. The minimum atomic E-state index is -1.04. The van der Waals surface area contributed by atoms with Gasteiger partial charge >= 0.3 is 0 Å². The van der Waals surface area contributed by atoms with Gasteiger partial charge in [-0.05, 0) is 17.7 Å². The van der Waals surface area contributed by atoms with Gasteiger partial charge in [-0.3, -0.25) is 14.9 Å². The van der Waals surface area contributed by atoms with Crippen molar-refractivity contribution < 1.29 is 14.0 Å². The lowest BCUT2D eigenvalue weighted by atomic mass is 9.79. The van der Waals surface area contributed by atoms with Crippen LogP contribution in [0.2, 0.25) is 0 Å². The van der Waals surface area contributed by atoms with E-state index in [1.165, 1.54) is 24.3 Å². The second kappa shape index (κ2) is 3.68. The molecule has 1 fully saturated rings. The number of nitrogens with two attached hydrogens (primary N) is 1. The fourth-order valence-electron chi connectivity index (χ4n) is 1.93. The summed E-state index contributed by atoms with van der Waals surface area (Å²) >= 11 is 0. The Morgan fingerprint density at radius 2 is 1.94 bits per heavy atom. The summed E-state index contributed by atoms with van der Waals surface area (Å²) in [6, 6.07) is 5.48. The molecule has 0 saturated carbocycles. The zero-order valence-electron chi connectivity index (χ0n) is 8.50. The van der Waals surface area contributed by atoms with Gasteiger partial charge in [-0.15, -0.1) is 0 Å². The summed E-state index contributed by atoms with van der Waals surface area (Å²) < 4.78 is 12.8. The van der Waals surface area contributed by atoms with Crippen LogP contribution in [0.1, 0.15) is 12.0 Å². The number of hydrogen-bond donors (Lipinski definition) is 2. The highest BCUT2D eigenvalue weighted by molar-refractivity contribution is 6.09. The van der Waals surface area contributed by atoms with Crippen molar-refractivity contribution in [2.75, 3.05) is 6.54 Å². The molecule has 0 spiro atoms. The lowest BCUT2D eigenvalue weighted by Crippen LogP contribution is -2.42. The first-order valence-electron chi connectivity index (χ1n) is 4.89. The number of carbonyl (C=O) groups is 2. The molecule has 1 aliphatic rings. The van der Waals surface area contributed by atoms with Crippen LogP contribution in [-0.4, -0.2) is 18.4 Å². The van der Waals surface area contributed by atoms with Crippen LogP contribution in [0.5, 0.6) is 0 Å². The summed E-state index contributed by atoms with van der Waals surface area (Å²) in [6.45, 7) is 0.0240. The molecule has 5 heteroatoms. The Morgan fingerprint density at radius 1 is 1.31 bits per heavy atom. The summed E-state index contributed by atoms with van der Waals surface area (Å²) in [6.07, 6.45) is 0.0218. The number of amides is 2. The molecular weight excluding hydrogens is 211 g/mol. The van der Waals surface area contributed by atoms with Gasteiger partial charge in [0, 0.05) is 13.0 Å². The maximum atomic E-state index is 12.8. The topological polar surface area (TPSA) is 72.2 Å². The summed E-state index contributed by atoms with van der Waals surface area (Å²) in [4.78, 5) is 22.9. The van der Waals surface area contributed by atoms with E-state index >= 15 is 0 Å². The quantitative estimate of drug-likeness (QED) is 0.695. The van der Waals surface area contributed by atoms with Crippen LogP contribution in [-0.2, 0) is 15.0 Å². The molecule has 16 heavy (non-hydrogen) atoms. The molecule has 2 rings (SSSR count). The molecule has 1 aliphatic heterocycles. The van der Waals surface area contributed by atoms with E-state index in [4.69, 9.17) is 5.73 Å². The smallest absolute Gasteiger partial charge is 0.239 e. The van der Waals surface area contributed by atoms with Gasteiger partial charge in [0.05, 0.1) is 5.41 Å². The molecule has 0 aromatic heterocycles. The molecule has 0 aliphatic carbocycles. The van der Waals surface area contributed by atoms with E-state index in [1.807, 2.05) is 0 Å². The first-order valence-corrected chi connectivity index (χ1v) is 4.89. The van der Waals surface area contributed by atoms with Crippen molar-refractivity contribution in [3.05, 3.63) is 35.6 Å². The molecule has 1 unspecified atom stereocenters. The normalized spacial score (nSPS) is 24.6. The lowest BCUT2D eigenvalue weighted by Gasteiger charge is -2.23. The van der Waals surface area contributed by atoms with Gasteiger partial charge in [0.1, 0.15) is 5.82 Å². The third kappa shape index (κ3) is 1.49. The van der Waals surface area contributed by atoms with E-state index in [1.54, 1.807) is 0 Å². The van der Waals surface area contributed by atoms with Crippen LogP contribution in [0.25, 0.3) is 0 Å². The Labute approximate surface area is 91.6 Å². The van der Waals surface area contributed by atoms with Crippen molar-refractivity contribution in [3.63, 3.8) is 0 Å². The van der Waals surface area contributed by atoms with E-state index in [-0.39, 0.29) is 24.7 Å². The number of benzene rings is 1. The summed E-state index contributed by atoms with van der Waals surface area (Å²) in [5.41, 5.74) is 5.12. The van der Waals surface area contributed by atoms with Gasteiger partial charge in [0.25, 0.3) is 0 Å². The number of rotatable bonds is 2. The Balaban J connectivity index is 2.46. The number of halogens is 1.